The van der Waals surface area contributed by atoms with Gasteiger partial charge in [-0.25, -0.2) is 0 Å². The highest BCUT2D eigenvalue weighted by Crippen LogP contribution is 2.08. The van der Waals surface area contributed by atoms with Gasteiger partial charge >= 0.3 is 0 Å². The Morgan fingerprint density at radius 3 is 2.00 bits per heavy atom. The highest BCUT2D eigenvalue weighted by atomic mass is 35.5. The van der Waals surface area contributed by atoms with Crippen LogP contribution in [-0.2, 0) is 0 Å². The topological polar surface area (TPSA) is 23.5 Å². The molecule has 1 unspecified atom stereocenters. The number of hydrogen-bond acceptors (Lipinski definition) is 2. The van der Waals surface area contributed by atoms with Crippen LogP contribution in [0.15, 0.2) is 0 Å². The Hall–Kier alpha value is 0.210. The highest BCUT2D eigenvalue weighted by Gasteiger charge is 2.15. The van der Waals surface area contributed by atoms with Gasteiger partial charge in [0.05, 0.1) is 0 Å². The number of aliphatic hydroxyl groups is 1. The zero-order valence-electron chi connectivity index (χ0n) is 5.48. The van der Waals surface area contributed by atoms with Crippen LogP contribution in [0.3, 0.4) is 0 Å². The molecule has 0 aliphatic heterocycles. The molecule has 0 saturated carbocycles. The summed E-state index contributed by atoms with van der Waals surface area (Å²) in [6.07, 6.45) is 0. The maximum atomic E-state index is 8.91. The fraction of sp³-hybridized carbons (Fsp3) is 1.00. The van der Waals surface area contributed by atoms with E-state index in [1.165, 1.54) is 0 Å². The van der Waals surface area contributed by atoms with Crippen LogP contribution in [-0.4, -0.2) is 35.7 Å². The fourth-order valence-electron chi connectivity index (χ4n) is 0.577. The lowest BCUT2D eigenvalue weighted by Gasteiger charge is -2.18. The van der Waals surface area contributed by atoms with E-state index in [0.29, 0.717) is 6.54 Å². The van der Waals surface area contributed by atoms with Crippen molar-refractivity contribution in [2.24, 2.45) is 0 Å². The minimum atomic E-state index is -1.08. The van der Waals surface area contributed by atoms with Crippen molar-refractivity contribution in [1.29, 1.82) is 0 Å². The van der Waals surface area contributed by atoms with E-state index in [-0.39, 0.29) is 0 Å². The van der Waals surface area contributed by atoms with E-state index in [4.69, 9.17) is 16.7 Å². The summed E-state index contributed by atoms with van der Waals surface area (Å²) in [6.45, 7) is 2.04. The van der Waals surface area contributed by atoms with E-state index in [2.05, 4.69) is 0 Å². The molecule has 0 saturated heterocycles. The van der Waals surface area contributed by atoms with Gasteiger partial charge in [0.1, 0.15) is 5.06 Å². The van der Waals surface area contributed by atoms with Crippen molar-refractivity contribution in [3.05, 3.63) is 0 Å². The van der Waals surface area contributed by atoms with Gasteiger partial charge in [-0.05, 0) is 21.0 Å². The number of halogens is 1. The Kier molecular flexibility index (Phi) is 2.74. The third-order valence-corrected chi connectivity index (χ3v) is 0.724. The first-order chi connectivity index (χ1) is 3.42. The maximum absolute atomic E-state index is 8.91. The minimum absolute atomic E-state index is 0.481. The molecule has 1 atom stereocenters. The third kappa shape index (κ3) is 6.21. The number of rotatable bonds is 2. The van der Waals surface area contributed by atoms with Crippen molar-refractivity contribution >= 4 is 11.6 Å². The normalized spacial score (nSPS) is 18.8. The summed E-state index contributed by atoms with van der Waals surface area (Å²) in [4.78, 5) is 1.83. The second-order valence-corrected chi connectivity index (χ2v) is 3.19. The van der Waals surface area contributed by atoms with Gasteiger partial charge in [-0.1, -0.05) is 11.6 Å². The van der Waals surface area contributed by atoms with Gasteiger partial charge in [0.15, 0.2) is 0 Å². The van der Waals surface area contributed by atoms with E-state index in [1.807, 2.05) is 19.0 Å². The van der Waals surface area contributed by atoms with Gasteiger partial charge in [0.2, 0.25) is 0 Å². The number of nitrogens with zero attached hydrogens (tertiary/aromatic N) is 1. The molecule has 1 N–H and O–H groups in total. The fourth-order valence-corrected chi connectivity index (χ4v) is 0.816. The molecule has 0 aromatic rings. The Labute approximate surface area is 55.1 Å². The van der Waals surface area contributed by atoms with Crippen molar-refractivity contribution in [3.8, 4) is 0 Å². The van der Waals surface area contributed by atoms with Crippen LogP contribution in [0.2, 0.25) is 0 Å². The average molecular weight is 138 g/mol. The molecule has 0 aliphatic carbocycles. The van der Waals surface area contributed by atoms with Crippen LogP contribution in [0.4, 0.5) is 0 Å². The van der Waals surface area contributed by atoms with E-state index in [0.717, 1.165) is 0 Å². The van der Waals surface area contributed by atoms with Gasteiger partial charge < -0.3 is 10.0 Å². The first kappa shape index (κ1) is 8.21. The standard InChI is InChI=1S/C5H12ClNO/c1-5(6,8)4-7(2)3/h8H,4H2,1-3H3. The van der Waals surface area contributed by atoms with Gasteiger partial charge in [-0.3, -0.25) is 0 Å². The molecule has 0 radical (unpaired) electrons. The van der Waals surface area contributed by atoms with Gasteiger partial charge in [0, 0.05) is 6.54 Å². The summed E-state index contributed by atoms with van der Waals surface area (Å²) in [5.41, 5.74) is 0. The molecule has 0 amide bonds. The molecular weight excluding hydrogens is 126 g/mol. The zero-order valence-corrected chi connectivity index (χ0v) is 6.24. The molecule has 0 heterocycles. The Balaban J connectivity index is 3.39. The molecule has 3 heteroatoms. The Morgan fingerprint density at radius 2 is 2.00 bits per heavy atom. The predicted octanol–water partition coefficient (Wildman–Crippen LogP) is 0.495. The van der Waals surface area contributed by atoms with Crippen molar-refractivity contribution in [3.63, 3.8) is 0 Å². The zero-order chi connectivity index (χ0) is 6.78. The van der Waals surface area contributed by atoms with E-state index in [9.17, 15) is 0 Å². The van der Waals surface area contributed by atoms with Crippen LogP contribution in [0.25, 0.3) is 0 Å². The first-order valence-electron chi connectivity index (χ1n) is 2.48. The molecule has 0 aromatic carbocycles. The molecule has 0 rings (SSSR count). The lowest BCUT2D eigenvalue weighted by molar-refractivity contribution is 0.113. The lowest BCUT2D eigenvalue weighted by Crippen LogP contribution is -2.31. The van der Waals surface area contributed by atoms with Crippen molar-refractivity contribution in [2.45, 2.75) is 12.0 Å². The summed E-state index contributed by atoms with van der Waals surface area (Å²) >= 11 is 5.44. The SMILES string of the molecule is CN(C)CC(C)(O)Cl. The number of alkyl halides is 1. The van der Waals surface area contributed by atoms with Crippen LogP contribution < -0.4 is 0 Å². The largest absolute Gasteiger partial charge is 0.374 e. The van der Waals surface area contributed by atoms with Gasteiger partial charge in [-0.15, -0.1) is 0 Å². The van der Waals surface area contributed by atoms with E-state index >= 15 is 0 Å². The number of likely N-dealkylation sites (N-methyl/N-ethyl adjacent to an activating group) is 1. The summed E-state index contributed by atoms with van der Waals surface area (Å²) in [6, 6.07) is 0. The molecule has 2 nitrogen and oxygen atoms in total. The first-order valence-corrected chi connectivity index (χ1v) is 2.85. The second kappa shape index (κ2) is 2.67. The third-order valence-electron chi connectivity index (χ3n) is 0.605. The Morgan fingerprint density at radius 1 is 1.62 bits per heavy atom. The summed E-state index contributed by atoms with van der Waals surface area (Å²) in [5.74, 6) is 0. The van der Waals surface area contributed by atoms with Crippen LogP contribution in [0, 0.1) is 0 Å². The minimum Gasteiger partial charge on any atom is -0.374 e. The summed E-state index contributed by atoms with van der Waals surface area (Å²) in [5, 5.41) is 7.83. The molecule has 50 valence electrons. The monoisotopic (exact) mass is 137 g/mol. The molecule has 0 spiro atoms. The molecule has 8 heavy (non-hydrogen) atoms. The van der Waals surface area contributed by atoms with Gasteiger partial charge in [-0.2, -0.15) is 0 Å². The smallest absolute Gasteiger partial charge is 0.148 e. The highest BCUT2D eigenvalue weighted by molar-refractivity contribution is 6.22. The van der Waals surface area contributed by atoms with E-state index < -0.39 is 5.06 Å². The van der Waals surface area contributed by atoms with Crippen molar-refractivity contribution < 1.29 is 5.11 Å². The maximum Gasteiger partial charge on any atom is 0.148 e. The predicted molar refractivity (Wildman–Crippen MR) is 35.0 cm³/mol. The quantitative estimate of drug-likeness (QED) is 0.561. The summed E-state index contributed by atoms with van der Waals surface area (Å²) < 4.78 is 0. The Bertz CT molecular complexity index is 67.3. The van der Waals surface area contributed by atoms with Crippen LogP contribution >= 0.6 is 11.6 Å². The summed E-state index contributed by atoms with van der Waals surface area (Å²) in [7, 11) is 3.72. The molecule has 0 aromatic heterocycles. The molecule has 0 bridgehead atoms. The van der Waals surface area contributed by atoms with Crippen LogP contribution in [0.5, 0.6) is 0 Å². The molecule has 0 fully saturated rings. The van der Waals surface area contributed by atoms with Gasteiger partial charge in [0.25, 0.3) is 0 Å². The van der Waals surface area contributed by atoms with Crippen LogP contribution in [0.1, 0.15) is 6.92 Å². The molecule has 0 aliphatic rings. The average Bonchev–Trinajstić information content (AvgIpc) is 1.21. The van der Waals surface area contributed by atoms with Crippen molar-refractivity contribution in [2.75, 3.05) is 20.6 Å². The lowest BCUT2D eigenvalue weighted by atomic mass is 10.4. The molecular formula is C5H12ClNO. The number of hydrogen-bond donors (Lipinski definition) is 1. The van der Waals surface area contributed by atoms with Crippen molar-refractivity contribution in [1.82, 2.24) is 4.90 Å². The second-order valence-electron chi connectivity index (χ2n) is 2.38. The van der Waals surface area contributed by atoms with E-state index in [1.54, 1.807) is 6.92 Å².